The Morgan fingerprint density at radius 2 is 1.77 bits per heavy atom. The third-order valence-corrected chi connectivity index (χ3v) is 3.94. The largest absolute Gasteiger partial charge is 0.451 e. The second-order valence-electron chi connectivity index (χ2n) is 5.76. The van der Waals surface area contributed by atoms with E-state index in [2.05, 4.69) is 25.5 Å². The molecule has 6 nitrogen and oxygen atoms in total. The van der Waals surface area contributed by atoms with Crippen molar-refractivity contribution in [1.29, 1.82) is 0 Å². The zero-order valence-corrected chi connectivity index (χ0v) is 13.6. The summed E-state index contributed by atoms with van der Waals surface area (Å²) in [6.07, 6.45) is -2.84. The van der Waals surface area contributed by atoms with Gasteiger partial charge in [-0.3, -0.25) is 4.40 Å². The van der Waals surface area contributed by atoms with Gasteiger partial charge >= 0.3 is 6.18 Å². The SMILES string of the molecule is CC(Nc1nc(C(F)(F)F)nc2ccccc12)c1nnc2ccccn12. The number of para-hydroxylation sites is 1. The van der Waals surface area contributed by atoms with Crippen LogP contribution in [0, 0.1) is 0 Å². The number of benzene rings is 1. The van der Waals surface area contributed by atoms with Crippen molar-refractivity contribution in [2.75, 3.05) is 5.32 Å². The van der Waals surface area contributed by atoms with Crippen LogP contribution in [0.25, 0.3) is 16.6 Å². The maximum atomic E-state index is 13.1. The van der Waals surface area contributed by atoms with E-state index >= 15 is 0 Å². The molecular formula is C17H13F3N6. The fourth-order valence-electron chi connectivity index (χ4n) is 2.74. The molecule has 26 heavy (non-hydrogen) atoms. The Morgan fingerprint density at radius 3 is 2.58 bits per heavy atom. The van der Waals surface area contributed by atoms with E-state index in [1.807, 2.05) is 12.1 Å². The molecule has 3 aromatic heterocycles. The molecule has 0 aliphatic carbocycles. The summed E-state index contributed by atoms with van der Waals surface area (Å²) in [5.74, 6) is -0.517. The molecule has 4 aromatic rings. The van der Waals surface area contributed by atoms with Gasteiger partial charge in [-0.25, -0.2) is 9.97 Å². The number of hydrogen-bond donors (Lipinski definition) is 1. The van der Waals surface area contributed by atoms with Gasteiger partial charge in [-0.05, 0) is 31.2 Å². The Bertz CT molecular complexity index is 1090. The topological polar surface area (TPSA) is 68.0 Å². The predicted octanol–water partition coefficient (Wildman–Crippen LogP) is 3.86. The number of fused-ring (bicyclic) bond motifs is 2. The highest BCUT2D eigenvalue weighted by molar-refractivity contribution is 5.89. The lowest BCUT2D eigenvalue weighted by molar-refractivity contribution is -0.144. The number of rotatable bonds is 3. The van der Waals surface area contributed by atoms with E-state index in [0.29, 0.717) is 16.9 Å². The minimum absolute atomic E-state index is 0.100. The Kier molecular flexibility index (Phi) is 3.71. The van der Waals surface area contributed by atoms with Gasteiger partial charge in [-0.2, -0.15) is 13.2 Å². The number of aromatic nitrogens is 5. The van der Waals surface area contributed by atoms with E-state index < -0.39 is 18.0 Å². The summed E-state index contributed by atoms with van der Waals surface area (Å²) in [6.45, 7) is 1.79. The van der Waals surface area contributed by atoms with E-state index in [-0.39, 0.29) is 11.3 Å². The standard InChI is InChI=1S/C17H13F3N6/c1-10(15-25-24-13-8-4-5-9-26(13)15)21-14-11-6-2-3-7-12(11)22-16(23-14)17(18,19)20/h2-10H,1H3,(H,21,22,23). The molecule has 4 rings (SSSR count). The molecule has 1 unspecified atom stereocenters. The Hall–Kier alpha value is -3.23. The molecule has 132 valence electrons. The summed E-state index contributed by atoms with van der Waals surface area (Å²) in [5, 5.41) is 11.7. The molecule has 9 heteroatoms. The highest BCUT2D eigenvalue weighted by atomic mass is 19.4. The lowest BCUT2D eigenvalue weighted by Crippen LogP contribution is -2.16. The normalized spacial score (nSPS) is 13.2. The fraction of sp³-hybridized carbons (Fsp3) is 0.176. The van der Waals surface area contributed by atoms with Gasteiger partial charge in [0.05, 0.1) is 11.6 Å². The van der Waals surface area contributed by atoms with Gasteiger partial charge in [0, 0.05) is 11.6 Å². The van der Waals surface area contributed by atoms with Crippen LogP contribution in [0.3, 0.4) is 0 Å². The number of hydrogen-bond acceptors (Lipinski definition) is 5. The van der Waals surface area contributed by atoms with Gasteiger partial charge in [0.2, 0.25) is 5.82 Å². The molecule has 1 N–H and O–H groups in total. The van der Waals surface area contributed by atoms with E-state index in [0.717, 1.165) is 0 Å². The summed E-state index contributed by atoms with van der Waals surface area (Å²) >= 11 is 0. The van der Waals surface area contributed by atoms with Crippen molar-refractivity contribution >= 4 is 22.4 Å². The molecule has 1 aromatic carbocycles. The van der Waals surface area contributed by atoms with E-state index in [9.17, 15) is 13.2 Å². The highest BCUT2D eigenvalue weighted by Crippen LogP contribution is 2.31. The monoisotopic (exact) mass is 358 g/mol. The molecule has 0 aliphatic rings. The third-order valence-electron chi connectivity index (χ3n) is 3.94. The quantitative estimate of drug-likeness (QED) is 0.602. The zero-order valence-electron chi connectivity index (χ0n) is 13.6. The first-order valence-corrected chi connectivity index (χ1v) is 7.83. The van der Waals surface area contributed by atoms with Gasteiger partial charge in [0.15, 0.2) is 11.5 Å². The Morgan fingerprint density at radius 1 is 1.00 bits per heavy atom. The molecule has 0 radical (unpaired) electrons. The van der Waals surface area contributed by atoms with Crippen molar-refractivity contribution in [2.24, 2.45) is 0 Å². The predicted molar refractivity (Wildman–Crippen MR) is 89.6 cm³/mol. The first-order valence-electron chi connectivity index (χ1n) is 7.83. The number of nitrogens with one attached hydrogen (secondary N) is 1. The van der Waals surface area contributed by atoms with Crippen LogP contribution >= 0.6 is 0 Å². The molecule has 0 fully saturated rings. The average molecular weight is 358 g/mol. The molecular weight excluding hydrogens is 345 g/mol. The van der Waals surface area contributed by atoms with Gasteiger partial charge in [0.25, 0.3) is 0 Å². The average Bonchev–Trinajstić information content (AvgIpc) is 3.05. The number of alkyl halides is 3. The minimum Gasteiger partial charge on any atom is -0.360 e. The summed E-state index contributed by atoms with van der Waals surface area (Å²) in [7, 11) is 0. The third kappa shape index (κ3) is 2.81. The molecule has 1 atom stereocenters. The summed E-state index contributed by atoms with van der Waals surface area (Å²) in [4.78, 5) is 7.32. The highest BCUT2D eigenvalue weighted by Gasteiger charge is 2.35. The Balaban J connectivity index is 1.78. The first kappa shape index (κ1) is 16.2. The van der Waals surface area contributed by atoms with Gasteiger partial charge < -0.3 is 5.32 Å². The van der Waals surface area contributed by atoms with Crippen LogP contribution in [-0.4, -0.2) is 24.6 Å². The van der Waals surface area contributed by atoms with E-state index in [1.165, 1.54) is 6.07 Å². The van der Waals surface area contributed by atoms with Crippen LogP contribution in [0.15, 0.2) is 48.7 Å². The number of nitrogens with zero attached hydrogens (tertiary/aromatic N) is 5. The van der Waals surface area contributed by atoms with Crippen LogP contribution in [0.1, 0.15) is 24.6 Å². The van der Waals surface area contributed by atoms with Gasteiger partial charge in [-0.1, -0.05) is 18.2 Å². The molecule has 0 saturated heterocycles. The van der Waals surface area contributed by atoms with E-state index in [4.69, 9.17) is 0 Å². The second-order valence-corrected chi connectivity index (χ2v) is 5.76. The lowest BCUT2D eigenvalue weighted by atomic mass is 10.2. The lowest BCUT2D eigenvalue weighted by Gasteiger charge is -2.16. The van der Waals surface area contributed by atoms with Crippen molar-refractivity contribution in [1.82, 2.24) is 24.6 Å². The molecule has 0 aliphatic heterocycles. The fourth-order valence-corrected chi connectivity index (χ4v) is 2.74. The van der Waals surface area contributed by atoms with Gasteiger partial charge in [0.1, 0.15) is 5.82 Å². The zero-order chi connectivity index (χ0) is 18.3. The van der Waals surface area contributed by atoms with Crippen molar-refractivity contribution in [2.45, 2.75) is 19.1 Å². The number of anilines is 1. The molecule has 0 bridgehead atoms. The van der Waals surface area contributed by atoms with Crippen molar-refractivity contribution in [3.63, 3.8) is 0 Å². The summed E-state index contributed by atoms with van der Waals surface area (Å²) < 4.78 is 41.2. The van der Waals surface area contributed by atoms with Crippen molar-refractivity contribution < 1.29 is 13.2 Å². The summed E-state index contributed by atoms with van der Waals surface area (Å²) in [5.41, 5.74) is 0.871. The minimum atomic E-state index is -4.63. The van der Waals surface area contributed by atoms with Crippen molar-refractivity contribution in [3.05, 3.63) is 60.3 Å². The maximum Gasteiger partial charge on any atom is 0.451 e. The second kappa shape index (κ2) is 5.94. The van der Waals surface area contributed by atoms with Crippen LogP contribution in [0.5, 0.6) is 0 Å². The van der Waals surface area contributed by atoms with Crippen molar-refractivity contribution in [3.8, 4) is 0 Å². The molecule has 3 heterocycles. The number of halogens is 3. The molecule has 0 spiro atoms. The number of pyridine rings is 1. The first-order chi connectivity index (χ1) is 12.4. The van der Waals surface area contributed by atoms with E-state index in [1.54, 1.807) is 41.8 Å². The van der Waals surface area contributed by atoms with Crippen LogP contribution < -0.4 is 5.32 Å². The molecule has 0 amide bonds. The van der Waals surface area contributed by atoms with Crippen LogP contribution in [-0.2, 0) is 6.18 Å². The van der Waals surface area contributed by atoms with Crippen LogP contribution in [0.2, 0.25) is 0 Å². The summed E-state index contributed by atoms with van der Waals surface area (Å²) in [6, 6.07) is 11.6. The smallest absolute Gasteiger partial charge is 0.360 e. The Labute approximate surface area is 145 Å². The maximum absolute atomic E-state index is 13.1. The van der Waals surface area contributed by atoms with Crippen LogP contribution in [0.4, 0.5) is 19.0 Å². The van der Waals surface area contributed by atoms with Gasteiger partial charge in [-0.15, -0.1) is 10.2 Å². The molecule has 0 saturated carbocycles.